The topological polar surface area (TPSA) is 93.2 Å². The fourth-order valence-corrected chi connectivity index (χ4v) is 1.75. The molecule has 8 heteroatoms. The zero-order chi connectivity index (χ0) is 16.7. The first-order chi connectivity index (χ1) is 11.1. The van der Waals surface area contributed by atoms with Gasteiger partial charge in [-0.3, -0.25) is 4.79 Å². The maximum absolute atomic E-state index is 13.4. The first-order valence-electron chi connectivity index (χ1n) is 6.80. The number of amides is 1. The number of hydrogen-bond donors (Lipinski definition) is 2. The Bertz CT molecular complexity index is 691. The molecule has 0 fully saturated rings. The second-order valence-corrected chi connectivity index (χ2v) is 4.46. The Morgan fingerprint density at radius 2 is 1.91 bits per heavy atom. The molecule has 2 N–H and O–H groups in total. The molecule has 2 rings (SSSR count). The largest absolute Gasteiger partial charge is 0.464 e. The molecule has 0 spiro atoms. The van der Waals surface area contributed by atoms with Gasteiger partial charge < -0.3 is 15.4 Å². The van der Waals surface area contributed by atoms with Gasteiger partial charge in [-0.15, -0.1) is 10.2 Å². The standard InChI is InChI=1S/C15H15FN4O3/c1-23-15(22)12-6-7-13(20-19-12)17-8-9-18-14(21)10-4-2-3-5-11(10)16/h2-7H,8-9H2,1H3,(H,17,20)(H,18,21). The highest BCUT2D eigenvalue weighted by Gasteiger charge is 2.10. The highest BCUT2D eigenvalue weighted by Crippen LogP contribution is 2.06. The van der Waals surface area contributed by atoms with E-state index in [0.29, 0.717) is 12.4 Å². The van der Waals surface area contributed by atoms with Crippen LogP contribution in [-0.2, 0) is 4.74 Å². The van der Waals surface area contributed by atoms with Gasteiger partial charge in [0.15, 0.2) is 5.69 Å². The summed E-state index contributed by atoms with van der Waals surface area (Å²) in [6.45, 7) is 0.639. The molecule has 0 aliphatic carbocycles. The number of methoxy groups -OCH3 is 1. The lowest BCUT2D eigenvalue weighted by atomic mass is 10.2. The third kappa shape index (κ3) is 4.47. The van der Waals surface area contributed by atoms with Crippen molar-refractivity contribution >= 4 is 17.7 Å². The summed E-state index contributed by atoms with van der Waals surface area (Å²) in [4.78, 5) is 23.0. The molecule has 2 aromatic rings. The maximum atomic E-state index is 13.4. The van der Waals surface area contributed by atoms with Crippen LogP contribution in [0.1, 0.15) is 20.8 Å². The number of rotatable bonds is 6. The minimum Gasteiger partial charge on any atom is -0.464 e. The van der Waals surface area contributed by atoms with Gasteiger partial charge in [0.25, 0.3) is 5.91 Å². The van der Waals surface area contributed by atoms with Gasteiger partial charge in [0.05, 0.1) is 12.7 Å². The molecule has 23 heavy (non-hydrogen) atoms. The van der Waals surface area contributed by atoms with Crippen molar-refractivity contribution in [1.82, 2.24) is 15.5 Å². The predicted octanol–water partition coefficient (Wildman–Crippen LogP) is 1.24. The number of anilines is 1. The number of carbonyl (C=O) groups is 2. The van der Waals surface area contributed by atoms with Gasteiger partial charge in [-0.25, -0.2) is 9.18 Å². The fourth-order valence-electron chi connectivity index (χ4n) is 1.75. The van der Waals surface area contributed by atoms with Crippen molar-refractivity contribution < 1.29 is 18.7 Å². The molecule has 0 aliphatic rings. The molecule has 1 aromatic heterocycles. The van der Waals surface area contributed by atoms with Crippen LogP contribution in [-0.4, -0.2) is 42.3 Å². The van der Waals surface area contributed by atoms with E-state index in [1.165, 1.54) is 31.4 Å². The molecule has 1 amide bonds. The minimum atomic E-state index is -0.568. The number of halogens is 1. The SMILES string of the molecule is COC(=O)c1ccc(NCCNC(=O)c2ccccc2F)nn1. The summed E-state index contributed by atoms with van der Waals surface area (Å²) in [6, 6.07) is 8.79. The van der Waals surface area contributed by atoms with Gasteiger partial charge in [-0.2, -0.15) is 0 Å². The van der Waals surface area contributed by atoms with E-state index >= 15 is 0 Å². The molecule has 0 unspecified atom stereocenters. The van der Waals surface area contributed by atoms with Crippen LogP contribution in [0.4, 0.5) is 10.2 Å². The number of ether oxygens (including phenoxy) is 1. The number of hydrogen-bond acceptors (Lipinski definition) is 6. The van der Waals surface area contributed by atoms with Crippen LogP contribution in [0, 0.1) is 5.82 Å². The van der Waals surface area contributed by atoms with E-state index in [1.807, 2.05) is 0 Å². The number of nitrogens with one attached hydrogen (secondary N) is 2. The molecule has 0 radical (unpaired) electrons. The van der Waals surface area contributed by atoms with Gasteiger partial charge in [0, 0.05) is 13.1 Å². The van der Waals surface area contributed by atoms with E-state index in [-0.39, 0.29) is 17.8 Å². The fraction of sp³-hybridized carbons (Fsp3) is 0.200. The van der Waals surface area contributed by atoms with Crippen LogP contribution in [0.25, 0.3) is 0 Å². The van der Waals surface area contributed by atoms with E-state index in [4.69, 9.17) is 0 Å². The molecule has 0 saturated carbocycles. The van der Waals surface area contributed by atoms with Crippen LogP contribution >= 0.6 is 0 Å². The Morgan fingerprint density at radius 1 is 1.13 bits per heavy atom. The summed E-state index contributed by atoms with van der Waals surface area (Å²) in [7, 11) is 1.26. The van der Waals surface area contributed by atoms with Crippen molar-refractivity contribution in [2.24, 2.45) is 0 Å². The molecule has 120 valence electrons. The highest BCUT2D eigenvalue weighted by molar-refractivity contribution is 5.94. The Kier molecular flexibility index (Phi) is 5.56. The molecule has 0 aliphatic heterocycles. The van der Waals surface area contributed by atoms with Crippen LogP contribution in [0.3, 0.4) is 0 Å². The van der Waals surface area contributed by atoms with E-state index in [1.54, 1.807) is 12.1 Å². The summed E-state index contributed by atoms with van der Waals surface area (Å²) in [6.07, 6.45) is 0. The Hall–Kier alpha value is -3.03. The monoisotopic (exact) mass is 318 g/mol. The molecule has 7 nitrogen and oxygen atoms in total. The third-order valence-corrected chi connectivity index (χ3v) is 2.89. The minimum absolute atomic E-state index is 0.00489. The Balaban J connectivity index is 1.78. The number of esters is 1. The average molecular weight is 318 g/mol. The molecule has 1 aromatic carbocycles. The third-order valence-electron chi connectivity index (χ3n) is 2.89. The Morgan fingerprint density at radius 3 is 2.57 bits per heavy atom. The quantitative estimate of drug-likeness (QED) is 0.615. The second-order valence-electron chi connectivity index (χ2n) is 4.46. The molecular formula is C15H15FN4O3. The highest BCUT2D eigenvalue weighted by atomic mass is 19.1. The van der Waals surface area contributed by atoms with Crippen LogP contribution in [0.2, 0.25) is 0 Å². The molecular weight excluding hydrogens is 303 g/mol. The lowest BCUT2D eigenvalue weighted by molar-refractivity contribution is 0.0592. The van der Waals surface area contributed by atoms with E-state index in [2.05, 4.69) is 25.6 Å². The van der Waals surface area contributed by atoms with Crippen LogP contribution in [0.5, 0.6) is 0 Å². The average Bonchev–Trinajstić information content (AvgIpc) is 2.58. The summed E-state index contributed by atoms with van der Waals surface area (Å²) in [5.74, 6) is -1.18. The van der Waals surface area contributed by atoms with Gasteiger partial charge in [0.2, 0.25) is 0 Å². The maximum Gasteiger partial charge on any atom is 0.358 e. The summed E-state index contributed by atoms with van der Waals surface area (Å²) in [5.41, 5.74) is 0.0978. The first kappa shape index (κ1) is 16.3. The Labute approximate surface area is 131 Å². The summed E-state index contributed by atoms with van der Waals surface area (Å²) >= 11 is 0. The molecule has 1 heterocycles. The van der Waals surface area contributed by atoms with Gasteiger partial charge in [-0.05, 0) is 24.3 Å². The van der Waals surface area contributed by atoms with Gasteiger partial charge in [0.1, 0.15) is 11.6 Å². The van der Waals surface area contributed by atoms with Crippen LogP contribution < -0.4 is 10.6 Å². The normalized spacial score (nSPS) is 10.0. The number of benzene rings is 1. The second kappa shape index (κ2) is 7.83. The van der Waals surface area contributed by atoms with E-state index < -0.39 is 17.7 Å². The summed E-state index contributed by atoms with van der Waals surface area (Å²) in [5, 5.41) is 13.0. The first-order valence-corrected chi connectivity index (χ1v) is 6.80. The zero-order valence-electron chi connectivity index (χ0n) is 12.4. The molecule has 0 bridgehead atoms. The smallest absolute Gasteiger partial charge is 0.358 e. The molecule has 0 atom stereocenters. The van der Waals surface area contributed by atoms with E-state index in [9.17, 15) is 14.0 Å². The van der Waals surface area contributed by atoms with Gasteiger partial charge >= 0.3 is 5.97 Å². The zero-order valence-corrected chi connectivity index (χ0v) is 12.4. The van der Waals surface area contributed by atoms with Crippen molar-refractivity contribution in [3.8, 4) is 0 Å². The number of carbonyl (C=O) groups excluding carboxylic acids is 2. The van der Waals surface area contributed by atoms with Crippen molar-refractivity contribution in [3.05, 3.63) is 53.5 Å². The van der Waals surface area contributed by atoms with Crippen molar-refractivity contribution in [2.75, 3.05) is 25.5 Å². The van der Waals surface area contributed by atoms with Crippen molar-refractivity contribution in [2.45, 2.75) is 0 Å². The van der Waals surface area contributed by atoms with Crippen molar-refractivity contribution in [1.29, 1.82) is 0 Å². The lowest BCUT2D eigenvalue weighted by Gasteiger charge is -2.07. The summed E-state index contributed by atoms with van der Waals surface area (Å²) < 4.78 is 17.9. The predicted molar refractivity (Wildman–Crippen MR) is 80.6 cm³/mol. The van der Waals surface area contributed by atoms with Gasteiger partial charge in [-0.1, -0.05) is 12.1 Å². The van der Waals surface area contributed by atoms with Crippen LogP contribution in [0.15, 0.2) is 36.4 Å². The molecule has 0 saturated heterocycles. The van der Waals surface area contributed by atoms with Crippen molar-refractivity contribution in [3.63, 3.8) is 0 Å². The number of aromatic nitrogens is 2. The van der Waals surface area contributed by atoms with E-state index in [0.717, 1.165) is 0 Å². The number of nitrogens with zero attached hydrogens (tertiary/aromatic N) is 2. The lowest BCUT2D eigenvalue weighted by Crippen LogP contribution is -2.29.